The molecule has 0 aliphatic heterocycles. The first-order chi connectivity index (χ1) is 15.8. The van der Waals surface area contributed by atoms with E-state index in [2.05, 4.69) is 15.4 Å². The van der Waals surface area contributed by atoms with Crippen molar-refractivity contribution in [2.45, 2.75) is 16.8 Å². The van der Waals surface area contributed by atoms with Gasteiger partial charge in [-0.15, -0.1) is 11.8 Å². The van der Waals surface area contributed by atoms with Crippen LogP contribution in [0.15, 0.2) is 84.1 Å². The third-order valence-electron chi connectivity index (χ3n) is 4.60. The van der Waals surface area contributed by atoms with Crippen LogP contribution in [0.25, 0.3) is 5.69 Å². The van der Waals surface area contributed by atoms with Crippen LogP contribution in [0.4, 0.5) is 23.2 Å². The molecule has 168 valence electrons. The number of pyridine rings is 1. The summed E-state index contributed by atoms with van der Waals surface area (Å²) in [7, 11) is 0. The standard InChI is InChI=1S/C23H16F4N4OS/c24-19-5-1-2-6-20(19)31-21(23(25,26)27)18(13-29-31)22(32)30-16-7-9-17(10-8-16)33-14-15-4-3-11-28-12-15/h1-13H,14H2,(H,30,32). The van der Waals surface area contributed by atoms with Crippen LogP contribution in [0.2, 0.25) is 0 Å². The van der Waals surface area contributed by atoms with E-state index in [0.29, 0.717) is 16.1 Å². The summed E-state index contributed by atoms with van der Waals surface area (Å²) in [6.45, 7) is 0. The highest BCUT2D eigenvalue weighted by Crippen LogP contribution is 2.34. The Balaban J connectivity index is 1.52. The van der Waals surface area contributed by atoms with Crippen molar-refractivity contribution in [1.82, 2.24) is 14.8 Å². The Morgan fingerprint density at radius 2 is 1.76 bits per heavy atom. The Morgan fingerprint density at radius 1 is 1.00 bits per heavy atom. The molecule has 5 nitrogen and oxygen atoms in total. The van der Waals surface area contributed by atoms with Gasteiger partial charge in [0.25, 0.3) is 5.91 Å². The first-order valence-electron chi connectivity index (χ1n) is 9.66. The zero-order valence-electron chi connectivity index (χ0n) is 16.9. The van der Waals surface area contributed by atoms with Gasteiger partial charge in [-0.3, -0.25) is 9.78 Å². The Bertz CT molecular complexity index is 1260. The summed E-state index contributed by atoms with van der Waals surface area (Å²) in [6, 6.07) is 15.4. The molecule has 0 saturated carbocycles. The third kappa shape index (κ3) is 5.23. The molecule has 0 aliphatic carbocycles. The highest BCUT2D eigenvalue weighted by molar-refractivity contribution is 7.98. The second kappa shape index (κ2) is 9.45. The number of carbonyl (C=O) groups is 1. The molecule has 0 radical (unpaired) electrons. The van der Waals surface area contributed by atoms with Gasteiger partial charge < -0.3 is 5.32 Å². The van der Waals surface area contributed by atoms with Crippen LogP contribution < -0.4 is 5.32 Å². The summed E-state index contributed by atoms with van der Waals surface area (Å²) in [4.78, 5) is 17.6. The van der Waals surface area contributed by atoms with E-state index in [0.717, 1.165) is 28.8 Å². The molecule has 2 heterocycles. The number of hydrogen-bond donors (Lipinski definition) is 1. The number of para-hydroxylation sites is 1. The lowest BCUT2D eigenvalue weighted by atomic mass is 10.2. The van der Waals surface area contributed by atoms with Gasteiger partial charge in [0.2, 0.25) is 0 Å². The first-order valence-corrected chi connectivity index (χ1v) is 10.6. The molecule has 10 heteroatoms. The van der Waals surface area contributed by atoms with Crippen molar-refractivity contribution >= 4 is 23.4 Å². The van der Waals surface area contributed by atoms with E-state index in [4.69, 9.17) is 0 Å². The quantitative estimate of drug-likeness (QED) is 0.278. The van der Waals surface area contributed by atoms with Crippen LogP contribution in [0.3, 0.4) is 0 Å². The largest absolute Gasteiger partial charge is 0.434 e. The number of alkyl halides is 3. The zero-order chi connectivity index (χ0) is 23.4. The number of thioether (sulfide) groups is 1. The van der Waals surface area contributed by atoms with Crippen LogP contribution in [0.5, 0.6) is 0 Å². The molecular weight excluding hydrogens is 456 g/mol. The van der Waals surface area contributed by atoms with Crippen molar-refractivity contribution in [3.8, 4) is 5.69 Å². The smallest absolute Gasteiger partial charge is 0.322 e. The van der Waals surface area contributed by atoms with Gasteiger partial charge in [-0.25, -0.2) is 9.07 Å². The van der Waals surface area contributed by atoms with Crippen LogP contribution in [-0.2, 0) is 11.9 Å². The lowest BCUT2D eigenvalue weighted by Gasteiger charge is -2.13. The minimum absolute atomic E-state index is 0.317. The molecule has 0 spiro atoms. The molecular formula is C23H16F4N4OS. The Hall–Kier alpha value is -3.66. The average molecular weight is 472 g/mol. The molecule has 2 aromatic heterocycles. The van der Waals surface area contributed by atoms with Gasteiger partial charge in [0.1, 0.15) is 11.5 Å². The van der Waals surface area contributed by atoms with Crippen molar-refractivity contribution in [2.24, 2.45) is 0 Å². The van der Waals surface area contributed by atoms with E-state index >= 15 is 0 Å². The maximum Gasteiger partial charge on any atom is 0.434 e. The number of halogens is 4. The number of nitrogens with zero attached hydrogens (tertiary/aromatic N) is 3. The predicted octanol–water partition coefficient (Wildman–Crippen LogP) is 5.97. The monoisotopic (exact) mass is 472 g/mol. The first kappa shape index (κ1) is 22.5. The second-order valence-electron chi connectivity index (χ2n) is 6.90. The molecule has 4 rings (SSSR count). The Morgan fingerprint density at radius 3 is 2.42 bits per heavy atom. The molecule has 33 heavy (non-hydrogen) atoms. The normalized spacial score (nSPS) is 11.4. The summed E-state index contributed by atoms with van der Waals surface area (Å²) in [5.41, 5.74) is -1.10. The van der Waals surface area contributed by atoms with Gasteiger partial charge in [-0.2, -0.15) is 18.3 Å². The summed E-state index contributed by atoms with van der Waals surface area (Å²) < 4.78 is 55.8. The fourth-order valence-corrected chi connectivity index (χ4v) is 3.91. The molecule has 4 aromatic rings. The molecule has 0 saturated heterocycles. The van der Waals surface area contributed by atoms with Crippen molar-refractivity contribution in [2.75, 3.05) is 5.32 Å². The van der Waals surface area contributed by atoms with Crippen LogP contribution in [0.1, 0.15) is 21.6 Å². The lowest BCUT2D eigenvalue weighted by molar-refractivity contribution is -0.143. The van der Waals surface area contributed by atoms with E-state index in [1.165, 1.54) is 12.1 Å². The molecule has 2 aromatic carbocycles. The number of aromatic nitrogens is 3. The van der Waals surface area contributed by atoms with E-state index in [1.54, 1.807) is 48.4 Å². The van der Waals surface area contributed by atoms with Gasteiger partial charge in [0.15, 0.2) is 5.69 Å². The highest BCUT2D eigenvalue weighted by atomic mass is 32.2. The van der Waals surface area contributed by atoms with E-state index in [-0.39, 0.29) is 0 Å². The van der Waals surface area contributed by atoms with Crippen LogP contribution in [0, 0.1) is 5.82 Å². The van der Waals surface area contributed by atoms with Gasteiger partial charge >= 0.3 is 6.18 Å². The van der Waals surface area contributed by atoms with Crippen molar-refractivity contribution < 1.29 is 22.4 Å². The van der Waals surface area contributed by atoms with Crippen LogP contribution >= 0.6 is 11.8 Å². The SMILES string of the molecule is O=C(Nc1ccc(SCc2cccnc2)cc1)c1cnn(-c2ccccc2F)c1C(F)(F)F. The number of carbonyl (C=O) groups excluding carboxylic acids is 1. The van der Waals surface area contributed by atoms with E-state index < -0.39 is 34.8 Å². The van der Waals surface area contributed by atoms with Crippen LogP contribution in [-0.4, -0.2) is 20.7 Å². The second-order valence-corrected chi connectivity index (χ2v) is 7.95. The van der Waals surface area contributed by atoms with Gasteiger partial charge in [-0.05, 0) is 48.0 Å². The van der Waals surface area contributed by atoms with Crippen molar-refractivity contribution in [1.29, 1.82) is 0 Å². The number of amides is 1. The minimum Gasteiger partial charge on any atom is -0.322 e. The zero-order valence-corrected chi connectivity index (χ0v) is 17.7. The predicted molar refractivity (Wildman–Crippen MR) is 117 cm³/mol. The molecule has 0 unspecified atom stereocenters. The fraction of sp³-hybridized carbons (Fsp3) is 0.0870. The summed E-state index contributed by atoms with van der Waals surface area (Å²) in [5.74, 6) is -1.19. The molecule has 0 bridgehead atoms. The average Bonchev–Trinajstić information content (AvgIpc) is 3.25. The van der Waals surface area contributed by atoms with Crippen molar-refractivity contribution in [3.63, 3.8) is 0 Å². The topological polar surface area (TPSA) is 59.8 Å². The lowest BCUT2D eigenvalue weighted by Crippen LogP contribution is -2.21. The number of nitrogens with one attached hydrogen (secondary N) is 1. The summed E-state index contributed by atoms with van der Waals surface area (Å²) in [5, 5.41) is 6.08. The molecule has 0 fully saturated rings. The molecule has 1 amide bonds. The minimum atomic E-state index is -4.93. The number of rotatable bonds is 6. The van der Waals surface area contributed by atoms with Crippen molar-refractivity contribution in [3.05, 3.63) is 102 Å². The van der Waals surface area contributed by atoms with Gasteiger partial charge in [-0.1, -0.05) is 18.2 Å². The molecule has 0 atom stereocenters. The molecule has 0 aliphatic rings. The summed E-state index contributed by atoms with van der Waals surface area (Å²) >= 11 is 1.56. The number of anilines is 1. The van der Waals surface area contributed by atoms with E-state index in [1.807, 2.05) is 12.1 Å². The number of hydrogen-bond acceptors (Lipinski definition) is 4. The molecule has 1 N–H and O–H groups in total. The van der Waals surface area contributed by atoms with E-state index in [9.17, 15) is 22.4 Å². The Labute approximate surface area is 190 Å². The third-order valence-corrected chi connectivity index (χ3v) is 5.69. The summed E-state index contributed by atoms with van der Waals surface area (Å²) in [6.07, 6.45) is -0.696. The maximum atomic E-state index is 14.1. The highest BCUT2D eigenvalue weighted by Gasteiger charge is 2.41. The van der Waals surface area contributed by atoms with Gasteiger partial charge in [0, 0.05) is 28.7 Å². The fourth-order valence-electron chi connectivity index (χ4n) is 3.08. The Kier molecular flexibility index (Phi) is 6.45. The van der Waals surface area contributed by atoms with Gasteiger partial charge in [0.05, 0.1) is 11.8 Å². The number of benzene rings is 2. The maximum absolute atomic E-state index is 14.1.